The molecule has 0 radical (unpaired) electrons. The van der Waals surface area contributed by atoms with Crippen molar-refractivity contribution >= 4 is 29.2 Å². The van der Waals surface area contributed by atoms with Gasteiger partial charge in [0.25, 0.3) is 0 Å². The molecule has 0 atom stereocenters. The molecule has 2 aliphatic rings. The second-order valence-electron chi connectivity index (χ2n) is 6.60. The largest absolute Gasteiger partial charge is 0.329 e. The molecular weight excluding hydrogens is 340 g/mol. The molecule has 0 spiro atoms. The average Bonchev–Trinajstić information content (AvgIpc) is 2.71. The molecule has 2 heterocycles. The summed E-state index contributed by atoms with van der Waals surface area (Å²) >= 11 is 1.73. The van der Waals surface area contributed by atoms with Crippen LogP contribution in [0.25, 0.3) is 0 Å². The van der Waals surface area contributed by atoms with Crippen LogP contribution in [-0.4, -0.2) is 17.5 Å². The Morgan fingerprint density at radius 3 is 2.04 bits per heavy atom. The van der Waals surface area contributed by atoms with Gasteiger partial charge in [-0.15, -0.1) is 0 Å². The van der Waals surface area contributed by atoms with E-state index in [0.29, 0.717) is 6.54 Å². The topological polar surface area (TPSA) is 23.6 Å². The van der Waals surface area contributed by atoms with E-state index in [-0.39, 0.29) is 6.03 Å². The molecule has 2 amide bonds. The first kappa shape index (κ1) is 15.5. The van der Waals surface area contributed by atoms with Crippen LogP contribution in [0.1, 0.15) is 11.1 Å². The van der Waals surface area contributed by atoms with Crippen molar-refractivity contribution in [3.05, 3.63) is 83.9 Å². The van der Waals surface area contributed by atoms with E-state index in [0.717, 1.165) is 34.1 Å². The van der Waals surface area contributed by atoms with Gasteiger partial charge in [0.1, 0.15) is 0 Å². The zero-order valence-corrected chi connectivity index (χ0v) is 15.1. The highest BCUT2D eigenvalue weighted by Gasteiger charge is 2.32. The van der Waals surface area contributed by atoms with Crippen LogP contribution in [0.4, 0.5) is 16.2 Å². The van der Waals surface area contributed by atoms with Crippen LogP contribution in [0.3, 0.4) is 0 Å². The predicted molar refractivity (Wildman–Crippen MR) is 105 cm³/mol. The Balaban J connectivity index is 1.55. The van der Waals surface area contributed by atoms with E-state index in [9.17, 15) is 4.79 Å². The number of fused-ring (bicyclic) bond motifs is 3. The van der Waals surface area contributed by atoms with Crippen LogP contribution in [-0.2, 0) is 13.0 Å². The highest BCUT2D eigenvalue weighted by Crippen LogP contribution is 2.48. The number of hydrogen-bond donors (Lipinski definition) is 0. The maximum absolute atomic E-state index is 13.5. The van der Waals surface area contributed by atoms with Gasteiger partial charge in [-0.2, -0.15) is 0 Å². The first-order chi connectivity index (χ1) is 12.8. The number of amides is 2. The zero-order valence-electron chi connectivity index (χ0n) is 14.3. The number of carbonyl (C=O) groups excluding carboxylic acids is 1. The third kappa shape index (κ3) is 2.49. The maximum atomic E-state index is 13.5. The number of benzene rings is 3. The molecule has 3 aromatic rings. The molecule has 2 aliphatic heterocycles. The lowest BCUT2D eigenvalue weighted by Crippen LogP contribution is -2.44. The Bertz CT molecular complexity index is 955. The third-order valence-corrected chi connectivity index (χ3v) is 6.15. The summed E-state index contributed by atoms with van der Waals surface area (Å²) in [7, 11) is 0. The van der Waals surface area contributed by atoms with Gasteiger partial charge in [-0.3, -0.25) is 4.90 Å². The fourth-order valence-corrected chi connectivity index (χ4v) is 4.77. The molecular formula is C22H18N2OS. The van der Waals surface area contributed by atoms with Crippen molar-refractivity contribution in [3.8, 4) is 0 Å². The molecule has 128 valence electrons. The van der Waals surface area contributed by atoms with Crippen LogP contribution < -0.4 is 4.90 Å². The summed E-state index contributed by atoms with van der Waals surface area (Å²) in [4.78, 5) is 19.6. The van der Waals surface area contributed by atoms with Crippen molar-refractivity contribution in [2.24, 2.45) is 0 Å². The van der Waals surface area contributed by atoms with Gasteiger partial charge in [-0.05, 0) is 41.8 Å². The quantitative estimate of drug-likeness (QED) is 0.532. The normalized spacial score (nSPS) is 15.1. The summed E-state index contributed by atoms with van der Waals surface area (Å²) in [6, 6.07) is 24.8. The summed E-state index contributed by atoms with van der Waals surface area (Å²) in [5, 5.41) is 0. The maximum Gasteiger partial charge on any atom is 0.329 e. The number of nitrogens with zero attached hydrogens (tertiary/aromatic N) is 2. The minimum absolute atomic E-state index is 0.0553. The van der Waals surface area contributed by atoms with Gasteiger partial charge in [0, 0.05) is 22.9 Å². The van der Waals surface area contributed by atoms with Crippen molar-refractivity contribution in [3.63, 3.8) is 0 Å². The molecule has 3 aromatic carbocycles. The SMILES string of the molecule is O=C(N1CCc2ccccc2C1)N1c2ccccc2Sc2ccccc21. The Hall–Kier alpha value is -2.72. The molecule has 3 nitrogen and oxygen atoms in total. The Morgan fingerprint density at radius 2 is 1.35 bits per heavy atom. The highest BCUT2D eigenvalue weighted by molar-refractivity contribution is 7.99. The number of rotatable bonds is 0. The van der Waals surface area contributed by atoms with Crippen molar-refractivity contribution in [2.75, 3.05) is 11.4 Å². The molecule has 0 saturated heterocycles. The molecule has 0 aromatic heterocycles. The minimum atomic E-state index is 0.0553. The second-order valence-corrected chi connectivity index (χ2v) is 7.68. The van der Waals surface area contributed by atoms with Gasteiger partial charge in [0.05, 0.1) is 11.4 Å². The lowest BCUT2D eigenvalue weighted by molar-refractivity contribution is 0.201. The molecule has 4 heteroatoms. The van der Waals surface area contributed by atoms with Crippen molar-refractivity contribution < 1.29 is 4.79 Å². The van der Waals surface area contributed by atoms with Gasteiger partial charge in [-0.25, -0.2) is 4.79 Å². The fraction of sp³-hybridized carbons (Fsp3) is 0.136. The van der Waals surface area contributed by atoms with Gasteiger partial charge in [-0.1, -0.05) is 60.3 Å². The number of urea groups is 1. The van der Waals surface area contributed by atoms with E-state index < -0.39 is 0 Å². The van der Waals surface area contributed by atoms with E-state index in [4.69, 9.17) is 0 Å². The second kappa shape index (κ2) is 6.22. The Morgan fingerprint density at radius 1 is 0.769 bits per heavy atom. The number of para-hydroxylation sites is 2. The first-order valence-electron chi connectivity index (χ1n) is 8.83. The Kier molecular flexibility index (Phi) is 3.71. The molecule has 0 aliphatic carbocycles. The average molecular weight is 358 g/mol. The van der Waals surface area contributed by atoms with Crippen LogP contribution in [0.2, 0.25) is 0 Å². The number of hydrogen-bond acceptors (Lipinski definition) is 2. The van der Waals surface area contributed by atoms with E-state index in [1.54, 1.807) is 11.8 Å². The van der Waals surface area contributed by atoms with E-state index in [1.807, 2.05) is 46.2 Å². The molecule has 0 unspecified atom stereocenters. The lowest BCUT2D eigenvalue weighted by atomic mass is 10.0. The molecule has 26 heavy (non-hydrogen) atoms. The summed E-state index contributed by atoms with van der Waals surface area (Å²) < 4.78 is 0. The molecule has 0 saturated carbocycles. The summed E-state index contributed by atoms with van der Waals surface area (Å²) in [5.74, 6) is 0. The van der Waals surface area contributed by atoms with Crippen molar-refractivity contribution in [2.45, 2.75) is 22.8 Å². The van der Waals surface area contributed by atoms with Crippen LogP contribution in [0.15, 0.2) is 82.6 Å². The zero-order chi connectivity index (χ0) is 17.5. The predicted octanol–water partition coefficient (Wildman–Crippen LogP) is 5.47. The number of carbonyl (C=O) groups is 1. The molecule has 0 bridgehead atoms. The number of anilines is 2. The smallest absolute Gasteiger partial charge is 0.319 e. The Labute approximate surface area is 157 Å². The highest BCUT2D eigenvalue weighted by atomic mass is 32.2. The van der Waals surface area contributed by atoms with Gasteiger partial charge < -0.3 is 4.90 Å². The lowest BCUT2D eigenvalue weighted by Gasteiger charge is -2.37. The monoisotopic (exact) mass is 358 g/mol. The van der Waals surface area contributed by atoms with Gasteiger partial charge in [0.2, 0.25) is 0 Å². The fourth-order valence-electron chi connectivity index (χ4n) is 3.71. The third-order valence-electron chi connectivity index (χ3n) is 5.02. The van der Waals surface area contributed by atoms with Gasteiger partial charge >= 0.3 is 6.03 Å². The molecule has 0 fully saturated rings. The van der Waals surface area contributed by atoms with Crippen LogP contribution in [0.5, 0.6) is 0 Å². The molecule has 0 N–H and O–H groups in total. The van der Waals surface area contributed by atoms with E-state index in [2.05, 4.69) is 36.4 Å². The minimum Gasteiger partial charge on any atom is -0.319 e. The van der Waals surface area contributed by atoms with E-state index in [1.165, 1.54) is 11.1 Å². The van der Waals surface area contributed by atoms with Crippen molar-refractivity contribution in [1.29, 1.82) is 0 Å². The van der Waals surface area contributed by atoms with Crippen LogP contribution in [0, 0.1) is 0 Å². The van der Waals surface area contributed by atoms with Crippen molar-refractivity contribution in [1.82, 2.24) is 4.90 Å². The van der Waals surface area contributed by atoms with Gasteiger partial charge in [0.15, 0.2) is 0 Å². The first-order valence-corrected chi connectivity index (χ1v) is 9.64. The van der Waals surface area contributed by atoms with Crippen LogP contribution >= 0.6 is 11.8 Å². The summed E-state index contributed by atoms with van der Waals surface area (Å²) in [5.41, 5.74) is 4.55. The molecule has 5 rings (SSSR count). The summed E-state index contributed by atoms with van der Waals surface area (Å²) in [6.07, 6.45) is 0.911. The standard InChI is InChI=1S/C22H18N2OS/c25-22(23-14-13-16-7-1-2-8-17(16)15-23)24-18-9-3-5-11-20(18)26-21-12-6-4-10-19(21)24/h1-12H,13-15H2. The summed E-state index contributed by atoms with van der Waals surface area (Å²) in [6.45, 7) is 1.42. The van der Waals surface area contributed by atoms with E-state index >= 15 is 0 Å².